The Balaban J connectivity index is 2.84. The lowest BCUT2D eigenvalue weighted by atomic mass is 10.00. The van der Waals surface area contributed by atoms with Crippen LogP contribution in [0.2, 0.25) is 0 Å². The minimum absolute atomic E-state index is 0.0272. The Morgan fingerprint density at radius 3 is 2.32 bits per heavy atom. The van der Waals surface area contributed by atoms with Crippen LogP contribution >= 0.6 is 0 Å². The molecule has 1 aromatic carbocycles. The van der Waals surface area contributed by atoms with E-state index >= 15 is 0 Å². The summed E-state index contributed by atoms with van der Waals surface area (Å²) in [6.07, 6.45) is -5.62. The number of aryl methyl sites for hydroxylation is 1. The van der Waals surface area contributed by atoms with Gasteiger partial charge in [-0.05, 0) is 18.4 Å². The van der Waals surface area contributed by atoms with Crippen LogP contribution in [0.3, 0.4) is 0 Å². The smallest absolute Gasteiger partial charge is 0.331 e. The van der Waals surface area contributed by atoms with Crippen LogP contribution in [0, 0.1) is 21.4 Å². The van der Waals surface area contributed by atoms with Gasteiger partial charge in [-0.3, -0.25) is 10.1 Å². The molecule has 2 rings (SSSR count). The van der Waals surface area contributed by atoms with Crippen LogP contribution in [-0.2, 0) is 12.3 Å². The Hall–Kier alpha value is -2.91. The van der Waals surface area contributed by atoms with Gasteiger partial charge in [0.1, 0.15) is 11.0 Å². The SMILES string of the molecule is CCCCc1c(C#N)cc([N+](=O)[O-])c2[nH]c(C(F)(F)C(F)(F)C(F)(F)F)nc12. The number of nitriles is 1. The van der Waals surface area contributed by atoms with Crippen molar-refractivity contribution < 1.29 is 35.7 Å². The van der Waals surface area contributed by atoms with Crippen molar-refractivity contribution >= 4 is 16.7 Å². The second kappa shape index (κ2) is 6.92. The average molecular weight is 412 g/mol. The average Bonchev–Trinajstić information content (AvgIpc) is 3.03. The lowest BCUT2D eigenvalue weighted by Gasteiger charge is -2.26. The molecule has 2 aromatic rings. The van der Waals surface area contributed by atoms with Gasteiger partial charge in [0, 0.05) is 6.07 Å². The molecule has 152 valence electrons. The van der Waals surface area contributed by atoms with E-state index in [4.69, 9.17) is 5.26 Å². The third-order valence-electron chi connectivity index (χ3n) is 4.00. The second-order valence-corrected chi connectivity index (χ2v) is 5.85. The fraction of sp³-hybridized carbons (Fsp3) is 0.467. The van der Waals surface area contributed by atoms with Gasteiger partial charge in [0.15, 0.2) is 5.82 Å². The summed E-state index contributed by atoms with van der Waals surface area (Å²) in [5.41, 5.74) is -2.69. The molecule has 0 atom stereocenters. The van der Waals surface area contributed by atoms with Gasteiger partial charge >= 0.3 is 18.0 Å². The van der Waals surface area contributed by atoms with Crippen molar-refractivity contribution in [2.24, 2.45) is 0 Å². The Kier molecular flexibility index (Phi) is 5.28. The van der Waals surface area contributed by atoms with Crippen LogP contribution in [0.1, 0.15) is 36.7 Å². The van der Waals surface area contributed by atoms with Crippen LogP contribution in [-0.4, -0.2) is 27.0 Å². The minimum Gasteiger partial charge on any atom is -0.331 e. The highest BCUT2D eigenvalue weighted by Crippen LogP contribution is 2.51. The summed E-state index contributed by atoms with van der Waals surface area (Å²) in [6.45, 7) is 1.74. The number of hydrogen-bond acceptors (Lipinski definition) is 4. The van der Waals surface area contributed by atoms with Gasteiger partial charge in [-0.2, -0.15) is 36.0 Å². The molecule has 0 fully saturated rings. The number of imidazole rings is 1. The molecule has 13 heteroatoms. The van der Waals surface area contributed by atoms with Gasteiger partial charge < -0.3 is 4.98 Å². The zero-order chi connectivity index (χ0) is 21.5. The summed E-state index contributed by atoms with van der Waals surface area (Å²) < 4.78 is 91.8. The zero-order valence-corrected chi connectivity index (χ0v) is 14.0. The molecule has 1 heterocycles. The predicted molar refractivity (Wildman–Crippen MR) is 81.0 cm³/mol. The number of nitrogens with one attached hydrogen (secondary N) is 1. The second-order valence-electron chi connectivity index (χ2n) is 5.85. The van der Waals surface area contributed by atoms with E-state index in [1.165, 1.54) is 4.98 Å². The van der Waals surface area contributed by atoms with Crippen LogP contribution in [0.5, 0.6) is 0 Å². The van der Waals surface area contributed by atoms with Gasteiger partial charge in [-0.1, -0.05) is 13.3 Å². The first-order valence-electron chi connectivity index (χ1n) is 7.72. The molecule has 0 aliphatic carbocycles. The Morgan fingerprint density at radius 1 is 1.25 bits per heavy atom. The molecule has 1 aromatic heterocycles. The van der Waals surface area contributed by atoms with Gasteiger partial charge in [0.25, 0.3) is 5.69 Å². The fourth-order valence-electron chi connectivity index (χ4n) is 2.53. The molecule has 1 N–H and O–H groups in total. The van der Waals surface area contributed by atoms with Crippen molar-refractivity contribution in [1.82, 2.24) is 9.97 Å². The number of hydrogen-bond donors (Lipinski definition) is 1. The topological polar surface area (TPSA) is 95.6 Å². The van der Waals surface area contributed by atoms with E-state index in [1.807, 2.05) is 0 Å². The number of alkyl halides is 7. The highest BCUT2D eigenvalue weighted by molar-refractivity contribution is 5.89. The van der Waals surface area contributed by atoms with E-state index < -0.39 is 45.5 Å². The predicted octanol–water partition coefficient (Wildman–Crippen LogP) is 4.97. The standard InChI is InChI=1S/C15H11F7N4O2/c1-2-3-4-8-7(6-23)5-9(26(27)28)11-10(8)24-12(25-11)13(16,17)14(18,19)15(20,21)22/h5H,2-4H2,1H3,(H,24,25). The summed E-state index contributed by atoms with van der Waals surface area (Å²) in [5.74, 6) is -14.4. The van der Waals surface area contributed by atoms with Gasteiger partial charge in [0.05, 0.1) is 16.6 Å². The first-order chi connectivity index (χ1) is 12.8. The Morgan fingerprint density at radius 2 is 1.86 bits per heavy atom. The summed E-state index contributed by atoms with van der Waals surface area (Å²) in [4.78, 5) is 14.7. The number of fused-ring (bicyclic) bond motifs is 1. The molecule has 0 saturated heterocycles. The molecule has 0 bridgehead atoms. The number of benzene rings is 1. The first-order valence-corrected chi connectivity index (χ1v) is 7.72. The van der Waals surface area contributed by atoms with E-state index in [-0.39, 0.29) is 17.5 Å². The molecule has 0 amide bonds. The van der Waals surface area contributed by atoms with E-state index in [2.05, 4.69) is 4.98 Å². The van der Waals surface area contributed by atoms with Crippen molar-refractivity contribution in [2.75, 3.05) is 0 Å². The van der Waals surface area contributed by atoms with E-state index in [0.29, 0.717) is 12.8 Å². The molecular weight excluding hydrogens is 401 g/mol. The maximum atomic E-state index is 14.0. The number of nitrogens with zero attached hydrogens (tertiary/aromatic N) is 3. The number of H-pyrrole nitrogens is 1. The molecule has 0 spiro atoms. The maximum Gasteiger partial charge on any atom is 0.460 e. The van der Waals surface area contributed by atoms with E-state index in [0.717, 1.165) is 6.07 Å². The largest absolute Gasteiger partial charge is 0.460 e. The quantitative estimate of drug-likeness (QED) is 0.411. The number of nitro groups is 1. The number of aromatic nitrogens is 2. The Bertz CT molecular complexity index is 960. The highest BCUT2D eigenvalue weighted by atomic mass is 19.4. The first kappa shape index (κ1) is 21.4. The maximum absolute atomic E-state index is 14.0. The van der Waals surface area contributed by atoms with Crippen molar-refractivity contribution in [3.8, 4) is 6.07 Å². The molecule has 6 nitrogen and oxygen atoms in total. The molecule has 0 saturated carbocycles. The van der Waals surface area contributed by atoms with E-state index in [9.17, 15) is 40.8 Å². The third kappa shape index (κ3) is 3.23. The summed E-state index contributed by atoms with van der Waals surface area (Å²) in [5, 5.41) is 20.3. The van der Waals surface area contributed by atoms with Crippen molar-refractivity contribution in [2.45, 2.75) is 44.2 Å². The molecule has 0 radical (unpaired) electrons. The number of aromatic amines is 1. The fourth-order valence-corrected chi connectivity index (χ4v) is 2.53. The summed E-state index contributed by atoms with van der Waals surface area (Å²) in [6, 6.07) is 2.35. The van der Waals surface area contributed by atoms with Crippen molar-refractivity contribution in [3.63, 3.8) is 0 Å². The normalized spacial score (nSPS) is 13.0. The number of rotatable bonds is 6. The Labute approximate surface area is 152 Å². The molecule has 0 unspecified atom stereocenters. The summed E-state index contributed by atoms with van der Waals surface area (Å²) in [7, 11) is 0. The lowest BCUT2D eigenvalue weighted by molar-refractivity contribution is -0.383. The minimum atomic E-state index is -6.59. The summed E-state index contributed by atoms with van der Waals surface area (Å²) >= 11 is 0. The van der Waals surface area contributed by atoms with Crippen molar-refractivity contribution in [1.29, 1.82) is 5.26 Å². The molecular formula is C15H11F7N4O2. The van der Waals surface area contributed by atoms with Gasteiger partial charge in [0.2, 0.25) is 0 Å². The van der Waals surface area contributed by atoms with Gasteiger partial charge in [-0.25, -0.2) is 4.98 Å². The number of nitro benzene ring substituents is 1. The third-order valence-corrected chi connectivity index (χ3v) is 4.00. The van der Waals surface area contributed by atoms with E-state index in [1.54, 1.807) is 13.0 Å². The van der Waals surface area contributed by atoms with Crippen molar-refractivity contribution in [3.05, 3.63) is 33.1 Å². The van der Waals surface area contributed by atoms with Crippen LogP contribution in [0.15, 0.2) is 6.07 Å². The highest BCUT2D eigenvalue weighted by Gasteiger charge is 2.75. The van der Waals surface area contributed by atoms with Crippen LogP contribution in [0.25, 0.3) is 11.0 Å². The van der Waals surface area contributed by atoms with Crippen LogP contribution in [0.4, 0.5) is 36.4 Å². The van der Waals surface area contributed by atoms with Gasteiger partial charge in [-0.15, -0.1) is 0 Å². The molecule has 0 aliphatic rings. The number of unbranched alkanes of at least 4 members (excludes halogenated alkanes) is 1. The monoisotopic (exact) mass is 412 g/mol. The number of halogens is 7. The number of non-ortho nitro benzene ring substituents is 1. The lowest BCUT2D eigenvalue weighted by Crippen LogP contribution is -2.50. The van der Waals surface area contributed by atoms with Crippen LogP contribution < -0.4 is 0 Å². The molecule has 28 heavy (non-hydrogen) atoms. The molecule has 0 aliphatic heterocycles. The zero-order valence-electron chi connectivity index (χ0n) is 14.0.